The fourth-order valence-electron chi connectivity index (χ4n) is 2.18. The van der Waals surface area contributed by atoms with E-state index in [1.54, 1.807) is 0 Å². The fourth-order valence-corrected chi connectivity index (χ4v) is 2.18. The Balaban J connectivity index is 2.40. The molecule has 0 aliphatic carbocycles. The number of amides is 1. The van der Waals surface area contributed by atoms with Crippen molar-refractivity contribution in [3.8, 4) is 0 Å². The van der Waals surface area contributed by atoms with E-state index in [-0.39, 0.29) is 6.09 Å². The van der Waals surface area contributed by atoms with Crippen molar-refractivity contribution < 1.29 is 9.53 Å². The minimum atomic E-state index is -0.465. The van der Waals surface area contributed by atoms with Crippen LogP contribution in [0.5, 0.6) is 0 Å². The number of alkyl carbamates (subject to hydrolysis) is 1. The van der Waals surface area contributed by atoms with Crippen molar-refractivity contribution in [3.63, 3.8) is 0 Å². The summed E-state index contributed by atoms with van der Waals surface area (Å²) in [6.45, 7) is 14.2. The van der Waals surface area contributed by atoms with Gasteiger partial charge in [0.05, 0.1) is 6.20 Å². The van der Waals surface area contributed by atoms with E-state index < -0.39 is 5.60 Å². The van der Waals surface area contributed by atoms with Gasteiger partial charge in [-0.3, -0.25) is 4.68 Å². The van der Waals surface area contributed by atoms with Gasteiger partial charge < -0.3 is 15.4 Å². The van der Waals surface area contributed by atoms with Gasteiger partial charge in [0.1, 0.15) is 5.60 Å². The molecule has 1 atom stereocenters. The van der Waals surface area contributed by atoms with E-state index in [0.717, 1.165) is 13.1 Å². The first-order chi connectivity index (χ1) is 10.6. The molecule has 0 aliphatic heterocycles. The predicted octanol–water partition coefficient (Wildman–Crippen LogP) is 2.62. The van der Waals surface area contributed by atoms with E-state index in [0.29, 0.717) is 18.4 Å². The summed E-state index contributed by atoms with van der Waals surface area (Å²) in [7, 11) is 1.94. The smallest absolute Gasteiger partial charge is 0.407 e. The standard InChI is InChI=1S/C17H32N4O2/c1-12(2)14(10-19-16(22)23-17(4,5)6)8-18-9-15-11-20-21(7)13(15)3/h11-12,14,18H,8-10H2,1-7H3,(H,19,22). The summed E-state index contributed by atoms with van der Waals surface area (Å²) >= 11 is 0. The lowest BCUT2D eigenvalue weighted by atomic mass is 9.95. The van der Waals surface area contributed by atoms with Gasteiger partial charge in [0.2, 0.25) is 0 Å². The number of hydrogen-bond acceptors (Lipinski definition) is 4. The van der Waals surface area contributed by atoms with Gasteiger partial charge in [-0.25, -0.2) is 4.79 Å². The Hall–Kier alpha value is -1.56. The lowest BCUT2D eigenvalue weighted by molar-refractivity contribution is 0.0515. The highest BCUT2D eigenvalue weighted by Gasteiger charge is 2.19. The van der Waals surface area contributed by atoms with Crippen molar-refractivity contribution in [2.45, 2.75) is 53.7 Å². The number of nitrogens with zero attached hydrogens (tertiary/aromatic N) is 2. The molecule has 1 aromatic rings. The molecule has 0 spiro atoms. The molecule has 1 unspecified atom stereocenters. The molecule has 0 aromatic carbocycles. The SMILES string of the molecule is Cc1c(CNCC(CNC(=O)OC(C)(C)C)C(C)C)cnn1C. The predicted molar refractivity (Wildman–Crippen MR) is 92.2 cm³/mol. The van der Waals surface area contributed by atoms with Gasteiger partial charge in [0, 0.05) is 37.9 Å². The minimum absolute atomic E-state index is 0.347. The van der Waals surface area contributed by atoms with Gasteiger partial charge in [-0.2, -0.15) is 5.10 Å². The first-order valence-electron chi connectivity index (χ1n) is 8.25. The second-order valence-electron chi connectivity index (χ2n) is 7.40. The monoisotopic (exact) mass is 324 g/mol. The van der Waals surface area contributed by atoms with Gasteiger partial charge in [0.15, 0.2) is 0 Å². The molecule has 2 N–H and O–H groups in total. The van der Waals surface area contributed by atoms with E-state index in [1.165, 1.54) is 11.3 Å². The summed E-state index contributed by atoms with van der Waals surface area (Å²) in [5.41, 5.74) is 1.91. The molecule has 6 heteroatoms. The summed E-state index contributed by atoms with van der Waals surface area (Å²) in [5, 5.41) is 10.6. The molecule has 1 amide bonds. The van der Waals surface area contributed by atoms with Crippen LogP contribution in [0.2, 0.25) is 0 Å². The maximum Gasteiger partial charge on any atom is 0.407 e. The topological polar surface area (TPSA) is 68.2 Å². The summed E-state index contributed by atoms with van der Waals surface area (Å²) in [6.07, 6.45) is 1.54. The van der Waals surface area contributed by atoms with Crippen molar-refractivity contribution in [3.05, 3.63) is 17.5 Å². The van der Waals surface area contributed by atoms with Crippen molar-refractivity contribution >= 4 is 6.09 Å². The molecule has 0 saturated carbocycles. The molecule has 6 nitrogen and oxygen atoms in total. The van der Waals surface area contributed by atoms with Crippen LogP contribution in [0.15, 0.2) is 6.20 Å². The molecular formula is C17H32N4O2. The molecule has 23 heavy (non-hydrogen) atoms. The highest BCUT2D eigenvalue weighted by molar-refractivity contribution is 5.67. The zero-order valence-electron chi connectivity index (χ0n) is 15.6. The number of hydrogen-bond donors (Lipinski definition) is 2. The van der Waals surface area contributed by atoms with Gasteiger partial charge in [-0.15, -0.1) is 0 Å². The van der Waals surface area contributed by atoms with E-state index in [2.05, 4.69) is 36.5 Å². The highest BCUT2D eigenvalue weighted by Crippen LogP contribution is 2.11. The third kappa shape index (κ3) is 7.03. The summed E-state index contributed by atoms with van der Waals surface area (Å²) in [4.78, 5) is 11.8. The summed E-state index contributed by atoms with van der Waals surface area (Å²) in [6, 6.07) is 0. The zero-order valence-corrected chi connectivity index (χ0v) is 15.6. The quantitative estimate of drug-likeness (QED) is 0.809. The number of ether oxygens (including phenoxy) is 1. The molecule has 0 saturated heterocycles. The van der Waals surface area contributed by atoms with Crippen molar-refractivity contribution in [2.24, 2.45) is 18.9 Å². The maximum absolute atomic E-state index is 11.8. The van der Waals surface area contributed by atoms with Crippen LogP contribution in [0.1, 0.15) is 45.9 Å². The van der Waals surface area contributed by atoms with Crippen LogP contribution >= 0.6 is 0 Å². The van der Waals surface area contributed by atoms with E-state index in [4.69, 9.17) is 4.74 Å². The Morgan fingerprint density at radius 2 is 2.00 bits per heavy atom. The molecule has 0 aliphatic rings. The largest absolute Gasteiger partial charge is 0.444 e. The normalized spacial score (nSPS) is 13.2. The van der Waals surface area contributed by atoms with Crippen LogP contribution < -0.4 is 10.6 Å². The van der Waals surface area contributed by atoms with E-state index >= 15 is 0 Å². The summed E-state index contributed by atoms with van der Waals surface area (Å²) in [5.74, 6) is 0.812. The van der Waals surface area contributed by atoms with Crippen LogP contribution in [0.25, 0.3) is 0 Å². The van der Waals surface area contributed by atoms with Crippen molar-refractivity contribution in [2.75, 3.05) is 13.1 Å². The number of aryl methyl sites for hydroxylation is 1. The van der Waals surface area contributed by atoms with Gasteiger partial charge in [-0.1, -0.05) is 13.8 Å². The number of carbonyl (C=O) groups is 1. The second-order valence-corrected chi connectivity index (χ2v) is 7.40. The number of aromatic nitrogens is 2. The van der Waals surface area contributed by atoms with Gasteiger partial charge >= 0.3 is 6.09 Å². The number of carbonyl (C=O) groups excluding carboxylic acids is 1. The summed E-state index contributed by atoms with van der Waals surface area (Å²) < 4.78 is 7.15. The van der Waals surface area contributed by atoms with E-state index in [1.807, 2.05) is 38.7 Å². The Bertz CT molecular complexity index is 503. The lowest BCUT2D eigenvalue weighted by Gasteiger charge is -2.24. The third-order valence-electron chi connectivity index (χ3n) is 3.91. The van der Waals surface area contributed by atoms with Crippen LogP contribution in [0.4, 0.5) is 4.79 Å². The molecule has 1 rings (SSSR count). The van der Waals surface area contributed by atoms with Crippen LogP contribution in [-0.2, 0) is 18.3 Å². The molecule has 0 bridgehead atoms. The third-order valence-corrected chi connectivity index (χ3v) is 3.91. The van der Waals surface area contributed by atoms with Crippen LogP contribution in [0, 0.1) is 18.8 Å². The van der Waals surface area contributed by atoms with Crippen LogP contribution in [-0.4, -0.2) is 34.6 Å². The molecule has 1 aromatic heterocycles. The van der Waals surface area contributed by atoms with Crippen LogP contribution in [0.3, 0.4) is 0 Å². The molecular weight excluding hydrogens is 292 g/mol. The zero-order chi connectivity index (χ0) is 17.6. The first-order valence-corrected chi connectivity index (χ1v) is 8.25. The van der Waals surface area contributed by atoms with Gasteiger partial charge in [-0.05, 0) is 39.5 Å². The molecule has 1 heterocycles. The average Bonchev–Trinajstić information content (AvgIpc) is 2.72. The Morgan fingerprint density at radius 1 is 1.35 bits per heavy atom. The Kier molecular flexibility index (Phi) is 7.06. The molecule has 0 fully saturated rings. The van der Waals surface area contributed by atoms with Crippen molar-refractivity contribution in [1.29, 1.82) is 0 Å². The minimum Gasteiger partial charge on any atom is -0.444 e. The number of rotatable bonds is 7. The van der Waals surface area contributed by atoms with Crippen molar-refractivity contribution in [1.82, 2.24) is 20.4 Å². The number of nitrogens with one attached hydrogen (secondary N) is 2. The Labute approximate surface area is 140 Å². The molecule has 132 valence electrons. The van der Waals surface area contributed by atoms with Gasteiger partial charge in [0.25, 0.3) is 0 Å². The second kappa shape index (κ2) is 8.34. The lowest BCUT2D eigenvalue weighted by Crippen LogP contribution is -2.39. The Morgan fingerprint density at radius 3 is 2.48 bits per heavy atom. The highest BCUT2D eigenvalue weighted by atomic mass is 16.6. The fraction of sp³-hybridized carbons (Fsp3) is 0.765. The molecule has 0 radical (unpaired) electrons. The van der Waals surface area contributed by atoms with E-state index in [9.17, 15) is 4.79 Å². The average molecular weight is 324 g/mol. The first kappa shape index (κ1) is 19.5. The maximum atomic E-state index is 11.8.